The third kappa shape index (κ3) is 5.08. The summed E-state index contributed by atoms with van der Waals surface area (Å²) in [5.41, 5.74) is 5.59. The summed E-state index contributed by atoms with van der Waals surface area (Å²) in [6.07, 6.45) is -0.195. The first-order valence-electron chi connectivity index (χ1n) is 6.94. The Labute approximate surface area is 152 Å². The average Bonchev–Trinajstić information content (AvgIpc) is 2.50. The van der Waals surface area contributed by atoms with E-state index >= 15 is 0 Å². The van der Waals surface area contributed by atoms with E-state index in [1.165, 1.54) is 18.2 Å². The molecule has 0 amide bonds. The molecule has 0 bridgehead atoms. The molecular weight excluding hydrogens is 400 g/mol. The summed E-state index contributed by atoms with van der Waals surface area (Å²) in [6, 6.07) is 4.09. The van der Waals surface area contributed by atoms with E-state index in [0.717, 1.165) is 0 Å². The standard InChI is InChI=1S/C15H13Cl2F3N2O2S/c16-9-1-2-15(11(17)5-9)25(23,24)22-7-10(21)3-8-4-13(19)14(20)6-12(8)18/h1-2,4-6,10,22H,3,7,21H2/t10-/m1/s1. The van der Waals surface area contributed by atoms with Gasteiger partial charge >= 0.3 is 0 Å². The third-order valence-electron chi connectivity index (χ3n) is 3.29. The van der Waals surface area contributed by atoms with Gasteiger partial charge in [0.25, 0.3) is 0 Å². The molecule has 0 saturated carbocycles. The Morgan fingerprint density at radius 1 is 1.04 bits per heavy atom. The molecule has 0 spiro atoms. The van der Waals surface area contributed by atoms with E-state index in [9.17, 15) is 21.6 Å². The lowest BCUT2D eigenvalue weighted by Gasteiger charge is -2.14. The van der Waals surface area contributed by atoms with Crippen molar-refractivity contribution in [3.63, 3.8) is 0 Å². The van der Waals surface area contributed by atoms with Crippen LogP contribution in [-0.2, 0) is 16.4 Å². The fourth-order valence-electron chi connectivity index (χ4n) is 2.06. The second-order valence-corrected chi connectivity index (χ2v) is 7.83. The zero-order valence-electron chi connectivity index (χ0n) is 12.6. The quantitative estimate of drug-likeness (QED) is 0.715. The predicted octanol–water partition coefficient (Wildman–Crippen LogP) is 3.26. The lowest BCUT2D eigenvalue weighted by atomic mass is 10.1. The minimum Gasteiger partial charge on any atom is -0.326 e. The molecule has 0 unspecified atom stereocenters. The van der Waals surface area contributed by atoms with E-state index in [1.807, 2.05) is 0 Å². The average molecular weight is 413 g/mol. The van der Waals surface area contributed by atoms with Crippen LogP contribution in [0, 0.1) is 17.5 Å². The van der Waals surface area contributed by atoms with Crippen molar-refractivity contribution in [3.8, 4) is 0 Å². The lowest BCUT2D eigenvalue weighted by Crippen LogP contribution is -2.38. The van der Waals surface area contributed by atoms with E-state index in [-0.39, 0.29) is 33.5 Å². The second-order valence-electron chi connectivity index (χ2n) is 5.25. The maximum Gasteiger partial charge on any atom is 0.242 e. The van der Waals surface area contributed by atoms with E-state index in [4.69, 9.17) is 28.9 Å². The van der Waals surface area contributed by atoms with Crippen LogP contribution in [0.25, 0.3) is 0 Å². The van der Waals surface area contributed by atoms with Crippen LogP contribution >= 0.6 is 23.2 Å². The molecule has 0 aromatic heterocycles. The SMILES string of the molecule is N[C@@H](CNS(=O)(=O)c1ccc(Cl)cc1Cl)Cc1cc(F)c(F)cc1F. The van der Waals surface area contributed by atoms with Crippen molar-refractivity contribution in [1.29, 1.82) is 0 Å². The molecule has 25 heavy (non-hydrogen) atoms. The summed E-state index contributed by atoms with van der Waals surface area (Å²) in [7, 11) is -3.97. The highest BCUT2D eigenvalue weighted by Crippen LogP contribution is 2.24. The Kier molecular flexibility index (Phi) is 6.34. The number of hydrogen-bond donors (Lipinski definition) is 2. The van der Waals surface area contributed by atoms with Crippen LogP contribution < -0.4 is 10.5 Å². The van der Waals surface area contributed by atoms with Crippen LogP contribution in [0.4, 0.5) is 13.2 Å². The van der Waals surface area contributed by atoms with Crippen molar-refractivity contribution in [3.05, 3.63) is 63.4 Å². The first kappa shape index (κ1) is 20.0. The number of sulfonamides is 1. The molecule has 10 heteroatoms. The normalized spacial score (nSPS) is 13.0. The molecule has 4 nitrogen and oxygen atoms in total. The van der Waals surface area contributed by atoms with Crippen LogP contribution in [-0.4, -0.2) is 21.0 Å². The summed E-state index contributed by atoms with van der Waals surface area (Å²) in [5, 5.41) is 0.203. The van der Waals surface area contributed by atoms with Crippen LogP contribution in [0.1, 0.15) is 5.56 Å². The number of halogens is 5. The number of hydrogen-bond acceptors (Lipinski definition) is 3. The van der Waals surface area contributed by atoms with Crippen LogP contribution in [0.5, 0.6) is 0 Å². The Balaban J connectivity index is 2.06. The van der Waals surface area contributed by atoms with Gasteiger partial charge in [0, 0.05) is 23.7 Å². The minimum absolute atomic E-state index is 0.0692. The largest absolute Gasteiger partial charge is 0.326 e. The fraction of sp³-hybridized carbons (Fsp3) is 0.200. The number of nitrogens with two attached hydrogens (primary N) is 1. The third-order valence-corrected chi connectivity index (χ3v) is 5.43. The van der Waals surface area contributed by atoms with Gasteiger partial charge in [-0.1, -0.05) is 23.2 Å². The van der Waals surface area contributed by atoms with Gasteiger partial charge in [-0.3, -0.25) is 0 Å². The molecule has 0 radical (unpaired) electrons. The van der Waals surface area contributed by atoms with Gasteiger partial charge in [0.2, 0.25) is 10.0 Å². The highest BCUT2D eigenvalue weighted by molar-refractivity contribution is 7.89. The molecule has 2 aromatic rings. The molecule has 2 aromatic carbocycles. The predicted molar refractivity (Wildman–Crippen MR) is 89.6 cm³/mol. The second kappa shape index (κ2) is 7.92. The molecule has 3 N–H and O–H groups in total. The van der Waals surface area contributed by atoms with Gasteiger partial charge in [-0.05, 0) is 36.2 Å². The molecule has 1 atom stereocenters. The Bertz CT molecular complexity index is 895. The summed E-state index contributed by atoms with van der Waals surface area (Å²) in [4.78, 5) is -0.190. The molecule has 136 valence electrons. The van der Waals surface area contributed by atoms with Crippen LogP contribution in [0.3, 0.4) is 0 Å². The van der Waals surface area contributed by atoms with E-state index < -0.39 is 33.5 Å². The van der Waals surface area contributed by atoms with Crippen molar-refractivity contribution in [1.82, 2.24) is 4.72 Å². The summed E-state index contributed by atoms with van der Waals surface area (Å²) >= 11 is 11.6. The van der Waals surface area contributed by atoms with Gasteiger partial charge < -0.3 is 5.73 Å². The highest BCUT2D eigenvalue weighted by Gasteiger charge is 2.20. The molecular formula is C15H13Cl2F3N2O2S. The topological polar surface area (TPSA) is 72.2 Å². The van der Waals surface area contributed by atoms with Gasteiger partial charge in [0.1, 0.15) is 10.7 Å². The lowest BCUT2D eigenvalue weighted by molar-refractivity contribution is 0.486. The molecule has 0 aliphatic carbocycles. The molecule has 0 aliphatic rings. The number of rotatable bonds is 6. The van der Waals surface area contributed by atoms with E-state index in [2.05, 4.69) is 4.72 Å². The molecule has 0 aliphatic heterocycles. The Morgan fingerprint density at radius 3 is 2.32 bits per heavy atom. The van der Waals surface area contributed by atoms with Crippen molar-refractivity contribution in [2.75, 3.05) is 6.54 Å². The molecule has 0 heterocycles. The minimum atomic E-state index is -3.97. The molecule has 2 rings (SSSR count). The van der Waals surface area contributed by atoms with Gasteiger partial charge in [-0.2, -0.15) is 0 Å². The fourth-order valence-corrected chi connectivity index (χ4v) is 3.93. The zero-order chi connectivity index (χ0) is 18.8. The Morgan fingerprint density at radius 2 is 1.68 bits per heavy atom. The monoisotopic (exact) mass is 412 g/mol. The number of benzene rings is 2. The number of nitrogens with one attached hydrogen (secondary N) is 1. The maximum atomic E-state index is 13.6. The van der Waals surface area contributed by atoms with E-state index in [0.29, 0.717) is 12.1 Å². The zero-order valence-corrected chi connectivity index (χ0v) is 14.9. The van der Waals surface area contributed by atoms with Crippen LogP contribution in [0.15, 0.2) is 35.2 Å². The van der Waals surface area contributed by atoms with Crippen molar-refractivity contribution in [2.24, 2.45) is 5.73 Å². The molecule has 0 fully saturated rings. The van der Waals surface area contributed by atoms with Crippen LogP contribution in [0.2, 0.25) is 10.0 Å². The summed E-state index contributed by atoms with van der Waals surface area (Å²) in [5.74, 6) is -3.48. The van der Waals surface area contributed by atoms with Gasteiger partial charge in [0.05, 0.1) is 5.02 Å². The summed E-state index contributed by atoms with van der Waals surface area (Å²) in [6.45, 7) is -0.264. The Hall–Kier alpha value is -1.32. The van der Waals surface area contributed by atoms with Gasteiger partial charge in [0.15, 0.2) is 11.6 Å². The van der Waals surface area contributed by atoms with Gasteiger partial charge in [-0.15, -0.1) is 0 Å². The van der Waals surface area contributed by atoms with Gasteiger partial charge in [-0.25, -0.2) is 26.3 Å². The maximum absolute atomic E-state index is 13.6. The first-order valence-corrected chi connectivity index (χ1v) is 9.18. The van der Waals surface area contributed by atoms with Crippen molar-refractivity contribution in [2.45, 2.75) is 17.4 Å². The smallest absolute Gasteiger partial charge is 0.242 e. The van der Waals surface area contributed by atoms with Crippen molar-refractivity contribution < 1.29 is 21.6 Å². The summed E-state index contributed by atoms with van der Waals surface area (Å²) < 4.78 is 66.3. The van der Waals surface area contributed by atoms with Crippen molar-refractivity contribution >= 4 is 33.2 Å². The molecule has 0 saturated heterocycles. The van der Waals surface area contributed by atoms with E-state index in [1.54, 1.807) is 0 Å². The highest BCUT2D eigenvalue weighted by atomic mass is 35.5. The first-order chi connectivity index (χ1) is 11.6.